The van der Waals surface area contributed by atoms with Crippen LogP contribution in [0, 0.1) is 11.3 Å². The van der Waals surface area contributed by atoms with Crippen LogP contribution < -0.4 is 5.32 Å². The normalized spacial score (nSPS) is 11.3. The summed E-state index contributed by atoms with van der Waals surface area (Å²) in [7, 11) is 0. The van der Waals surface area contributed by atoms with Gasteiger partial charge in [0.15, 0.2) is 0 Å². The lowest BCUT2D eigenvalue weighted by atomic mass is 10.1. The number of nitrogens with zero attached hydrogens (tertiary/aromatic N) is 1. The molecular formula is C11H11F3N2. The molecule has 0 heterocycles. The molecule has 5 heteroatoms. The van der Waals surface area contributed by atoms with E-state index in [1.165, 1.54) is 12.1 Å². The first-order valence-corrected chi connectivity index (χ1v) is 4.73. The Labute approximate surface area is 91.7 Å². The second-order valence-electron chi connectivity index (χ2n) is 3.64. The summed E-state index contributed by atoms with van der Waals surface area (Å²) in [4.78, 5) is 0. The Morgan fingerprint density at radius 1 is 1.31 bits per heavy atom. The highest BCUT2D eigenvalue weighted by atomic mass is 19.4. The number of anilines is 1. The Hall–Kier alpha value is -1.70. The summed E-state index contributed by atoms with van der Waals surface area (Å²) < 4.78 is 38.3. The van der Waals surface area contributed by atoms with Crippen LogP contribution >= 0.6 is 0 Å². The van der Waals surface area contributed by atoms with E-state index in [0.29, 0.717) is 0 Å². The van der Waals surface area contributed by atoms with Crippen molar-refractivity contribution in [3.8, 4) is 6.07 Å². The molecule has 0 spiro atoms. The standard InChI is InChI=1S/C11H11F3N2/c1-7(2)16-9-5-3-4-8(6-15)10(9)11(12,13)14/h3-5,7,16H,1-2H3. The predicted octanol–water partition coefficient (Wildman–Crippen LogP) is 3.40. The lowest BCUT2D eigenvalue weighted by Crippen LogP contribution is -2.17. The highest BCUT2D eigenvalue weighted by Gasteiger charge is 2.36. The average molecular weight is 228 g/mol. The summed E-state index contributed by atoms with van der Waals surface area (Å²) >= 11 is 0. The van der Waals surface area contributed by atoms with Crippen LogP contribution in [0.15, 0.2) is 18.2 Å². The molecule has 1 aromatic carbocycles. The van der Waals surface area contributed by atoms with Crippen LogP contribution in [0.3, 0.4) is 0 Å². The summed E-state index contributed by atoms with van der Waals surface area (Å²) in [6.45, 7) is 3.47. The van der Waals surface area contributed by atoms with Crippen LogP contribution in [0.5, 0.6) is 0 Å². The molecule has 0 radical (unpaired) electrons. The minimum absolute atomic E-state index is 0.0541. The molecule has 0 bridgehead atoms. The van der Waals surface area contributed by atoms with Crippen molar-refractivity contribution in [2.75, 3.05) is 5.32 Å². The van der Waals surface area contributed by atoms with Crippen molar-refractivity contribution in [2.24, 2.45) is 0 Å². The zero-order valence-electron chi connectivity index (χ0n) is 8.89. The summed E-state index contributed by atoms with van der Waals surface area (Å²) in [5.74, 6) is 0. The zero-order chi connectivity index (χ0) is 12.3. The van der Waals surface area contributed by atoms with Crippen LogP contribution in [0.4, 0.5) is 18.9 Å². The van der Waals surface area contributed by atoms with Gasteiger partial charge in [0.2, 0.25) is 0 Å². The van der Waals surface area contributed by atoms with Gasteiger partial charge in [-0.15, -0.1) is 0 Å². The van der Waals surface area contributed by atoms with Crippen LogP contribution in [-0.4, -0.2) is 6.04 Å². The smallest absolute Gasteiger partial charge is 0.382 e. The predicted molar refractivity (Wildman–Crippen MR) is 54.9 cm³/mol. The minimum atomic E-state index is -4.52. The van der Waals surface area contributed by atoms with E-state index in [-0.39, 0.29) is 17.3 Å². The van der Waals surface area contributed by atoms with Gasteiger partial charge in [-0.2, -0.15) is 18.4 Å². The number of benzene rings is 1. The monoisotopic (exact) mass is 228 g/mol. The topological polar surface area (TPSA) is 35.8 Å². The van der Waals surface area contributed by atoms with Gasteiger partial charge in [-0.25, -0.2) is 0 Å². The number of nitriles is 1. The first kappa shape index (κ1) is 12.4. The Balaban J connectivity index is 3.34. The maximum atomic E-state index is 12.8. The molecule has 1 rings (SSSR count). The maximum Gasteiger partial charge on any atom is 0.419 e. The highest BCUT2D eigenvalue weighted by molar-refractivity contribution is 5.59. The summed E-state index contributed by atoms with van der Waals surface area (Å²) in [5.41, 5.74) is -1.31. The number of rotatable bonds is 2. The van der Waals surface area contributed by atoms with Crippen molar-refractivity contribution in [3.63, 3.8) is 0 Å². The number of hydrogen-bond donors (Lipinski definition) is 1. The molecule has 0 amide bonds. The van der Waals surface area contributed by atoms with E-state index in [0.717, 1.165) is 6.07 Å². The highest BCUT2D eigenvalue weighted by Crippen LogP contribution is 2.37. The second-order valence-corrected chi connectivity index (χ2v) is 3.64. The van der Waals surface area contributed by atoms with Gasteiger partial charge < -0.3 is 5.32 Å². The van der Waals surface area contributed by atoms with Crippen molar-refractivity contribution in [1.29, 1.82) is 5.26 Å². The van der Waals surface area contributed by atoms with Gasteiger partial charge in [-0.05, 0) is 26.0 Å². The van der Waals surface area contributed by atoms with E-state index >= 15 is 0 Å². The second kappa shape index (κ2) is 4.44. The molecule has 0 aliphatic rings. The molecule has 0 aliphatic heterocycles. The third-order valence-corrected chi connectivity index (χ3v) is 1.91. The quantitative estimate of drug-likeness (QED) is 0.842. The molecule has 16 heavy (non-hydrogen) atoms. The molecular weight excluding hydrogens is 217 g/mol. The van der Waals surface area contributed by atoms with Gasteiger partial charge in [0, 0.05) is 11.7 Å². The Kier molecular flexibility index (Phi) is 3.43. The van der Waals surface area contributed by atoms with Crippen molar-refractivity contribution in [2.45, 2.75) is 26.1 Å². The molecule has 0 atom stereocenters. The lowest BCUT2D eigenvalue weighted by Gasteiger charge is -2.17. The van der Waals surface area contributed by atoms with E-state index in [1.807, 2.05) is 0 Å². The fourth-order valence-electron chi connectivity index (χ4n) is 1.38. The number of nitrogens with one attached hydrogen (secondary N) is 1. The molecule has 0 saturated heterocycles. The first-order chi connectivity index (χ1) is 7.36. The third-order valence-electron chi connectivity index (χ3n) is 1.91. The molecule has 0 aliphatic carbocycles. The summed E-state index contributed by atoms with van der Waals surface area (Å²) in [5, 5.41) is 11.3. The molecule has 0 fully saturated rings. The first-order valence-electron chi connectivity index (χ1n) is 4.73. The average Bonchev–Trinajstić information content (AvgIpc) is 2.14. The fourth-order valence-corrected chi connectivity index (χ4v) is 1.38. The molecule has 86 valence electrons. The van der Waals surface area contributed by atoms with E-state index in [4.69, 9.17) is 5.26 Å². The van der Waals surface area contributed by atoms with E-state index in [2.05, 4.69) is 5.32 Å². The van der Waals surface area contributed by atoms with Crippen LogP contribution in [0.2, 0.25) is 0 Å². The van der Waals surface area contributed by atoms with Crippen molar-refractivity contribution >= 4 is 5.69 Å². The maximum absolute atomic E-state index is 12.8. The zero-order valence-corrected chi connectivity index (χ0v) is 8.89. The molecule has 0 aromatic heterocycles. The van der Waals surface area contributed by atoms with Gasteiger partial charge in [-0.1, -0.05) is 6.07 Å². The van der Waals surface area contributed by atoms with Gasteiger partial charge in [0.1, 0.15) is 0 Å². The largest absolute Gasteiger partial charge is 0.419 e. The molecule has 2 nitrogen and oxygen atoms in total. The molecule has 1 N–H and O–H groups in total. The Bertz CT molecular complexity index is 416. The van der Waals surface area contributed by atoms with Crippen LogP contribution in [-0.2, 0) is 6.18 Å². The van der Waals surface area contributed by atoms with Gasteiger partial charge in [-0.3, -0.25) is 0 Å². The number of alkyl halides is 3. The van der Waals surface area contributed by atoms with Crippen molar-refractivity contribution in [1.82, 2.24) is 0 Å². The molecule has 0 unspecified atom stereocenters. The van der Waals surface area contributed by atoms with Gasteiger partial charge in [0.25, 0.3) is 0 Å². The van der Waals surface area contributed by atoms with E-state index in [1.54, 1.807) is 19.9 Å². The fraction of sp³-hybridized carbons (Fsp3) is 0.364. The van der Waals surface area contributed by atoms with Gasteiger partial charge >= 0.3 is 6.18 Å². The van der Waals surface area contributed by atoms with Crippen molar-refractivity contribution < 1.29 is 13.2 Å². The van der Waals surface area contributed by atoms with Crippen LogP contribution in [0.1, 0.15) is 25.0 Å². The molecule has 0 saturated carbocycles. The SMILES string of the molecule is CC(C)Nc1cccc(C#N)c1C(F)(F)F. The lowest BCUT2D eigenvalue weighted by molar-refractivity contribution is -0.137. The van der Waals surface area contributed by atoms with Gasteiger partial charge in [0.05, 0.1) is 17.2 Å². The molecule has 1 aromatic rings. The number of hydrogen-bond acceptors (Lipinski definition) is 2. The van der Waals surface area contributed by atoms with E-state index < -0.39 is 11.7 Å². The van der Waals surface area contributed by atoms with Crippen LogP contribution in [0.25, 0.3) is 0 Å². The summed E-state index contributed by atoms with van der Waals surface area (Å²) in [6.07, 6.45) is -4.52. The minimum Gasteiger partial charge on any atom is -0.382 e. The van der Waals surface area contributed by atoms with Crippen molar-refractivity contribution in [3.05, 3.63) is 29.3 Å². The summed E-state index contributed by atoms with van der Waals surface area (Å²) in [6, 6.07) is 5.34. The Morgan fingerprint density at radius 3 is 2.38 bits per heavy atom. The number of halogens is 3. The van der Waals surface area contributed by atoms with E-state index in [9.17, 15) is 13.2 Å². The Morgan fingerprint density at radius 2 is 1.94 bits per heavy atom. The third kappa shape index (κ3) is 2.66.